The molecule has 1 aliphatic carbocycles. The molecular formula is C14H20O4. The van der Waals surface area contributed by atoms with Crippen molar-refractivity contribution in [3.05, 3.63) is 22.3 Å². The highest BCUT2D eigenvalue weighted by molar-refractivity contribution is 6.24. The summed E-state index contributed by atoms with van der Waals surface area (Å²) in [5, 5.41) is 19.0. The molecule has 0 aromatic rings. The first kappa shape index (κ1) is 14.8. The molecule has 0 amide bonds. The molecule has 2 N–H and O–H groups in total. The highest BCUT2D eigenvalue weighted by Gasteiger charge is 2.30. The molecule has 0 aromatic carbocycles. The van der Waals surface area contributed by atoms with E-state index in [1.807, 2.05) is 0 Å². The second kappa shape index (κ2) is 5.16. The van der Waals surface area contributed by atoms with Crippen molar-refractivity contribution >= 4 is 11.6 Å². The Bertz CT molecular complexity index is 447. The number of aliphatic hydroxyl groups is 2. The monoisotopic (exact) mass is 252 g/mol. The fourth-order valence-electron chi connectivity index (χ4n) is 1.93. The molecule has 1 aliphatic rings. The maximum absolute atomic E-state index is 12.1. The Hall–Kier alpha value is -1.26. The number of ketones is 2. The van der Waals surface area contributed by atoms with E-state index in [0.29, 0.717) is 29.6 Å². The van der Waals surface area contributed by atoms with Gasteiger partial charge in [-0.1, -0.05) is 0 Å². The molecular weight excluding hydrogens is 232 g/mol. The fourth-order valence-corrected chi connectivity index (χ4v) is 1.93. The van der Waals surface area contributed by atoms with E-state index in [-0.39, 0.29) is 17.1 Å². The van der Waals surface area contributed by atoms with Crippen LogP contribution in [0.15, 0.2) is 22.3 Å². The summed E-state index contributed by atoms with van der Waals surface area (Å²) in [4.78, 5) is 24.1. The van der Waals surface area contributed by atoms with Crippen LogP contribution in [0.25, 0.3) is 0 Å². The van der Waals surface area contributed by atoms with Crippen molar-refractivity contribution < 1.29 is 19.8 Å². The van der Waals surface area contributed by atoms with Gasteiger partial charge in [0.25, 0.3) is 0 Å². The highest BCUT2D eigenvalue weighted by Crippen LogP contribution is 2.28. The summed E-state index contributed by atoms with van der Waals surface area (Å²) in [5.74, 6) is -0.458. The van der Waals surface area contributed by atoms with Crippen molar-refractivity contribution in [1.29, 1.82) is 0 Å². The number of aliphatic hydroxyl groups excluding tert-OH is 1. The van der Waals surface area contributed by atoms with Crippen LogP contribution in [0.1, 0.15) is 40.5 Å². The van der Waals surface area contributed by atoms with Crippen molar-refractivity contribution in [2.75, 3.05) is 6.61 Å². The quantitative estimate of drug-likeness (QED) is 0.740. The van der Waals surface area contributed by atoms with E-state index < -0.39 is 12.2 Å². The van der Waals surface area contributed by atoms with Gasteiger partial charge in [0.15, 0.2) is 11.6 Å². The van der Waals surface area contributed by atoms with Crippen molar-refractivity contribution in [3.8, 4) is 0 Å². The Morgan fingerprint density at radius 1 is 1.00 bits per heavy atom. The van der Waals surface area contributed by atoms with Gasteiger partial charge in [-0.15, -0.1) is 0 Å². The Kier molecular flexibility index (Phi) is 4.24. The standard InChI is InChI=1S/C14H20O4/c1-8-9(2)13(17)11(7-15)10(12(8)16)5-6-14(3,4)18/h15,18H,5-7H2,1-4H3. The van der Waals surface area contributed by atoms with Crippen LogP contribution in [0.2, 0.25) is 0 Å². The van der Waals surface area contributed by atoms with E-state index in [1.54, 1.807) is 27.7 Å². The summed E-state index contributed by atoms with van der Waals surface area (Å²) < 4.78 is 0. The van der Waals surface area contributed by atoms with E-state index in [0.717, 1.165) is 0 Å². The summed E-state index contributed by atoms with van der Waals surface area (Å²) in [6, 6.07) is 0. The summed E-state index contributed by atoms with van der Waals surface area (Å²) >= 11 is 0. The molecule has 0 radical (unpaired) electrons. The van der Waals surface area contributed by atoms with Gasteiger partial charge in [0.1, 0.15) is 0 Å². The molecule has 0 fully saturated rings. The van der Waals surface area contributed by atoms with E-state index in [9.17, 15) is 19.8 Å². The SMILES string of the molecule is CC1=C(C)C(=O)C(CCC(C)(C)O)=C(CO)C1=O. The number of rotatable bonds is 4. The Morgan fingerprint density at radius 3 is 1.83 bits per heavy atom. The molecule has 0 bridgehead atoms. The lowest BCUT2D eigenvalue weighted by molar-refractivity contribution is -0.117. The minimum atomic E-state index is -0.902. The first-order valence-electron chi connectivity index (χ1n) is 6.01. The first-order chi connectivity index (χ1) is 8.19. The summed E-state index contributed by atoms with van der Waals surface area (Å²) in [6.45, 7) is 6.08. The topological polar surface area (TPSA) is 74.6 Å². The van der Waals surface area contributed by atoms with Crippen LogP contribution in [-0.2, 0) is 9.59 Å². The van der Waals surface area contributed by atoms with Gasteiger partial charge < -0.3 is 10.2 Å². The van der Waals surface area contributed by atoms with Crippen LogP contribution in [-0.4, -0.2) is 34.0 Å². The third-order valence-corrected chi connectivity index (χ3v) is 3.30. The number of carbonyl (C=O) groups is 2. The summed E-state index contributed by atoms with van der Waals surface area (Å²) in [7, 11) is 0. The van der Waals surface area contributed by atoms with Crippen molar-refractivity contribution in [3.63, 3.8) is 0 Å². The first-order valence-corrected chi connectivity index (χ1v) is 6.01. The highest BCUT2D eigenvalue weighted by atomic mass is 16.3. The van der Waals surface area contributed by atoms with E-state index in [2.05, 4.69) is 0 Å². The molecule has 4 nitrogen and oxygen atoms in total. The third-order valence-electron chi connectivity index (χ3n) is 3.30. The van der Waals surface area contributed by atoms with Gasteiger partial charge in [-0.2, -0.15) is 0 Å². The Morgan fingerprint density at radius 2 is 1.44 bits per heavy atom. The van der Waals surface area contributed by atoms with E-state index >= 15 is 0 Å². The van der Waals surface area contributed by atoms with Gasteiger partial charge in [0.2, 0.25) is 0 Å². The summed E-state index contributed by atoms with van der Waals surface area (Å²) in [6.07, 6.45) is 0.672. The van der Waals surface area contributed by atoms with Gasteiger partial charge in [-0.05, 0) is 40.5 Å². The van der Waals surface area contributed by atoms with Crippen LogP contribution in [0, 0.1) is 0 Å². The third kappa shape index (κ3) is 2.94. The predicted octanol–water partition coefficient (Wildman–Crippen LogP) is 1.31. The molecule has 100 valence electrons. The summed E-state index contributed by atoms with van der Waals surface area (Å²) in [5.41, 5.74) is 0.445. The Balaban J connectivity index is 3.09. The smallest absolute Gasteiger partial charge is 0.187 e. The van der Waals surface area contributed by atoms with Gasteiger partial charge >= 0.3 is 0 Å². The molecule has 0 aromatic heterocycles. The van der Waals surface area contributed by atoms with E-state index in [1.165, 1.54) is 0 Å². The number of hydrogen-bond donors (Lipinski definition) is 2. The second-order valence-electron chi connectivity index (χ2n) is 5.34. The zero-order chi connectivity index (χ0) is 14.1. The van der Waals surface area contributed by atoms with Crippen LogP contribution >= 0.6 is 0 Å². The van der Waals surface area contributed by atoms with Crippen LogP contribution in [0.5, 0.6) is 0 Å². The van der Waals surface area contributed by atoms with E-state index in [4.69, 9.17) is 0 Å². The number of Topliss-reactive ketones (excluding diaryl/α,β-unsaturated/α-hetero) is 2. The zero-order valence-electron chi connectivity index (χ0n) is 11.3. The molecule has 0 aliphatic heterocycles. The number of hydrogen-bond acceptors (Lipinski definition) is 4. The van der Waals surface area contributed by atoms with Crippen LogP contribution in [0.4, 0.5) is 0 Å². The lowest BCUT2D eigenvalue weighted by Crippen LogP contribution is -2.26. The minimum absolute atomic E-state index is 0.173. The van der Waals surface area contributed by atoms with Crippen LogP contribution < -0.4 is 0 Å². The zero-order valence-corrected chi connectivity index (χ0v) is 11.3. The van der Waals surface area contributed by atoms with Crippen molar-refractivity contribution in [1.82, 2.24) is 0 Å². The maximum atomic E-state index is 12.1. The molecule has 1 rings (SSSR count). The van der Waals surface area contributed by atoms with Crippen molar-refractivity contribution in [2.45, 2.75) is 46.1 Å². The molecule has 0 spiro atoms. The molecule has 0 saturated heterocycles. The normalized spacial score (nSPS) is 17.9. The predicted molar refractivity (Wildman–Crippen MR) is 68.0 cm³/mol. The van der Waals surface area contributed by atoms with Crippen molar-refractivity contribution in [2.24, 2.45) is 0 Å². The lowest BCUT2D eigenvalue weighted by atomic mass is 9.82. The van der Waals surface area contributed by atoms with Crippen LogP contribution in [0.3, 0.4) is 0 Å². The molecule has 18 heavy (non-hydrogen) atoms. The van der Waals surface area contributed by atoms with Gasteiger partial charge in [0, 0.05) is 22.3 Å². The lowest BCUT2D eigenvalue weighted by Gasteiger charge is -2.22. The Labute approximate surface area is 107 Å². The second-order valence-corrected chi connectivity index (χ2v) is 5.34. The van der Waals surface area contributed by atoms with Gasteiger partial charge in [-0.25, -0.2) is 0 Å². The fraction of sp³-hybridized carbons (Fsp3) is 0.571. The van der Waals surface area contributed by atoms with Gasteiger partial charge in [-0.3, -0.25) is 9.59 Å². The molecule has 0 heterocycles. The average Bonchev–Trinajstić information content (AvgIpc) is 2.28. The molecule has 0 saturated carbocycles. The molecule has 0 atom stereocenters. The maximum Gasteiger partial charge on any atom is 0.187 e. The average molecular weight is 252 g/mol. The molecule has 0 unspecified atom stereocenters. The molecule has 4 heteroatoms. The van der Waals surface area contributed by atoms with Gasteiger partial charge in [0.05, 0.1) is 12.2 Å². The minimum Gasteiger partial charge on any atom is -0.392 e. The number of allylic oxidation sites excluding steroid dienone is 3. The number of carbonyl (C=O) groups excluding carboxylic acids is 2. The largest absolute Gasteiger partial charge is 0.392 e.